The van der Waals surface area contributed by atoms with Gasteiger partial charge in [0.1, 0.15) is 5.75 Å². The highest BCUT2D eigenvalue weighted by atomic mass is 35.5. The Bertz CT molecular complexity index is 482. The first-order valence-electron chi connectivity index (χ1n) is 4.28. The van der Waals surface area contributed by atoms with E-state index >= 15 is 0 Å². The van der Waals surface area contributed by atoms with E-state index in [1.807, 2.05) is 5.48 Å². The number of rotatable bonds is 4. The van der Waals surface area contributed by atoms with Crippen molar-refractivity contribution in [2.75, 3.05) is 7.05 Å². The quantitative estimate of drug-likeness (QED) is 0.525. The van der Waals surface area contributed by atoms with Crippen molar-refractivity contribution in [2.45, 2.75) is 6.92 Å². The Balaban J connectivity index is 3.12. The molecule has 0 aliphatic carbocycles. The van der Waals surface area contributed by atoms with E-state index in [-0.39, 0.29) is 20.8 Å². The van der Waals surface area contributed by atoms with Crippen molar-refractivity contribution in [3.05, 3.63) is 26.7 Å². The molecule has 0 heterocycles. The Morgan fingerprint density at radius 2 is 1.94 bits per heavy atom. The maximum atomic E-state index is 11.3. The number of phosphoric acid groups is 1. The number of nitrogens with one attached hydrogen (secondary N) is 1. The molecule has 96 valence electrons. The van der Waals surface area contributed by atoms with Crippen LogP contribution in [0.5, 0.6) is 5.75 Å². The molecule has 1 rings (SSSR count). The van der Waals surface area contributed by atoms with Crippen LogP contribution < -0.4 is 14.9 Å². The maximum absolute atomic E-state index is 11.3. The van der Waals surface area contributed by atoms with E-state index in [4.69, 9.17) is 34.8 Å². The molecule has 0 amide bonds. The highest BCUT2D eigenvalue weighted by molar-refractivity contribution is 7.46. The summed E-state index contributed by atoms with van der Waals surface area (Å²) in [5.41, 5.74) is 2.34. The van der Waals surface area contributed by atoms with Crippen LogP contribution in [0.1, 0.15) is 5.56 Å². The molecule has 0 aliphatic rings. The number of phosphoric ester groups is 1. The predicted octanol–water partition coefficient (Wildman–Crippen LogP) is 2.95. The zero-order valence-electron chi connectivity index (χ0n) is 8.79. The lowest BCUT2D eigenvalue weighted by Crippen LogP contribution is -2.17. The van der Waals surface area contributed by atoms with Gasteiger partial charge in [0.2, 0.25) is 0 Å². The Morgan fingerprint density at radius 1 is 1.35 bits per heavy atom. The molecule has 0 saturated carbocycles. The summed E-state index contributed by atoms with van der Waals surface area (Å²) < 4.78 is 20.1. The highest BCUT2D eigenvalue weighted by Crippen LogP contribution is 2.44. The lowest BCUT2D eigenvalue weighted by Gasteiger charge is -2.23. The van der Waals surface area contributed by atoms with Crippen molar-refractivity contribution in [1.29, 1.82) is 0 Å². The van der Waals surface area contributed by atoms with Gasteiger partial charge in [-0.1, -0.05) is 34.8 Å². The molecule has 0 aliphatic heterocycles. The number of hydroxylamine groups is 1. The zero-order valence-corrected chi connectivity index (χ0v) is 12.0. The third kappa shape index (κ3) is 3.73. The molecule has 0 bridgehead atoms. The van der Waals surface area contributed by atoms with Crippen LogP contribution >= 0.6 is 42.6 Å². The molecule has 1 unspecified atom stereocenters. The van der Waals surface area contributed by atoms with Crippen molar-refractivity contribution < 1.29 is 18.6 Å². The summed E-state index contributed by atoms with van der Waals surface area (Å²) in [6, 6.07) is 1.24. The highest BCUT2D eigenvalue weighted by Gasteiger charge is 2.17. The smallest absolute Gasteiger partial charge is 0.336 e. The van der Waals surface area contributed by atoms with E-state index in [0.29, 0.717) is 5.56 Å². The topological polar surface area (TPSA) is 70.6 Å². The summed E-state index contributed by atoms with van der Waals surface area (Å²) in [5.74, 6) is -0.0435. The van der Waals surface area contributed by atoms with E-state index in [0.717, 1.165) is 0 Å². The van der Waals surface area contributed by atoms with Crippen LogP contribution in [0, 0.1) is 6.92 Å². The van der Waals surface area contributed by atoms with Crippen molar-refractivity contribution in [3.8, 4) is 5.75 Å². The van der Waals surface area contributed by atoms with E-state index in [1.54, 1.807) is 6.92 Å². The van der Waals surface area contributed by atoms with Crippen LogP contribution in [0.2, 0.25) is 15.1 Å². The van der Waals surface area contributed by atoms with Crippen LogP contribution in [-0.4, -0.2) is 7.05 Å². The molecular formula is C8H8Cl3NO4P-. The van der Waals surface area contributed by atoms with E-state index in [1.165, 1.54) is 13.1 Å². The lowest BCUT2D eigenvalue weighted by molar-refractivity contribution is -0.222. The van der Waals surface area contributed by atoms with Gasteiger partial charge in [0.15, 0.2) is 0 Å². The van der Waals surface area contributed by atoms with Gasteiger partial charge < -0.3 is 9.42 Å². The van der Waals surface area contributed by atoms with Crippen LogP contribution in [0.15, 0.2) is 6.07 Å². The molecule has 0 spiro atoms. The van der Waals surface area contributed by atoms with Crippen LogP contribution in [0.3, 0.4) is 0 Å². The third-order valence-electron chi connectivity index (χ3n) is 1.77. The minimum Gasteiger partial charge on any atom is -0.745 e. The second-order valence-corrected chi connectivity index (χ2v) is 5.37. The molecule has 5 nitrogen and oxygen atoms in total. The molecule has 0 aromatic heterocycles. The van der Waals surface area contributed by atoms with Gasteiger partial charge in [-0.25, -0.2) is 4.62 Å². The first-order chi connectivity index (χ1) is 7.78. The van der Waals surface area contributed by atoms with E-state index < -0.39 is 7.82 Å². The maximum Gasteiger partial charge on any atom is 0.336 e. The predicted molar refractivity (Wildman–Crippen MR) is 64.6 cm³/mol. The van der Waals surface area contributed by atoms with Gasteiger partial charge >= 0.3 is 7.82 Å². The van der Waals surface area contributed by atoms with E-state index in [2.05, 4.69) is 9.15 Å². The molecule has 1 N–H and O–H groups in total. The second kappa shape index (κ2) is 5.76. The Labute approximate surface area is 113 Å². The largest absolute Gasteiger partial charge is 0.745 e. The summed E-state index contributed by atoms with van der Waals surface area (Å²) in [6.45, 7) is 1.54. The first-order valence-corrected chi connectivity index (χ1v) is 6.88. The molecule has 1 aromatic carbocycles. The molecule has 0 radical (unpaired) electrons. The van der Waals surface area contributed by atoms with Crippen molar-refractivity contribution in [3.63, 3.8) is 0 Å². The summed E-state index contributed by atoms with van der Waals surface area (Å²) >= 11 is 17.4. The number of halogens is 3. The SMILES string of the molecule is CNOP(=O)([O-])Oc1cc(Cl)c(Cl)c(Cl)c1C. The summed E-state index contributed by atoms with van der Waals surface area (Å²) in [4.78, 5) is 11.3. The van der Waals surface area contributed by atoms with Gasteiger partial charge in [0.25, 0.3) is 0 Å². The molecule has 9 heteroatoms. The summed E-state index contributed by atoms with van der Waals surface area (Å²) in [7, 11) is -3.24. The Morgan fingerprint density at radius 3 is 2.47 bits per heavy atom. The summed E-state index contributed by atoms with van der Waals surface area (Å²) in [5, 5.41) is 0.341. The van der Waals surface area contributed by atoms with Crippen LogP contribution in [-0.2, 0) is 9.19 Å². The normalized spacial score (nSPS) is 14.5. The van der Waals surface area contributed by atoms with Gasteiger partial charge in [0.05, 0.1) is 15.1 Å². The summed E-state index contributed by atoms with van der Waals surface area (Å²) in [6.07, 6.45) is 0. The Kier molecular flexibility index (Phi) is 5.10. The van der Waals surface area contributed by atoms with Crippen LogP contribution in [0.25, 0.3) is 0 Å². The van der Waals surface area contributed by atoms with Gasteiger partial charge in [-0.2, -0.15) is 5.48 Å². The van der Waals surface area contributed by atoms with Crippen molar-refractivity contribution >= 4 is 42.6 Å². The third-order valence-corrected chi connectivity index (χ3v) is 3.96. The van der Waals surface area contributed by atoms with Gasteiger partial charge in [-0.05, 0) is 6.92 Å². The fourth-order valence-corrected chi connectivity index (χ4v) is 2.33. The average molecular weight is 319 g/mol. The number of hydrogen-bond acceptors (Lipinski definition) is 5. The van der Waals surface area contributed by atoms with E-state index in [9.17, 15) is 9.46 Å². The van der Waals surface area contributed by atoms with Crippen molar-refractivity contribution in [2.24, 2.45) is 0 Å². The molecule has 0 fully saturated rings. The minimum absolute atomic E-state index is 0.0435. The molecule has 0 saturated heterocycles. The average Bonchev–Trinajstić information content (AvgIpc) is 2.22. The second-order valence-electron chi connectivity index (χ2n) is 2.94. The fraction of sp³-hybridized carbons (Fsp3) is 0.250. The minimum atomic E-state index is -4.52. The molecule has 17 heavy (non-hydrogen) atoms. The molecule has 1 aromatic rings. The monoisotopic (exact) mass is 318 g/mol. The standard InChI is InChI=1S/C8H9Cl3NO4P/c1-4-6(15-17(13,14)16-12-2)3-5(9)8(11)7(4)10/h3,12H,1-2H3,(H,13,14)/p-1. The molecular weight excluding hydrogens is 311 g/mol. The van der Waals surface area contributed by atoms with Gasteiger partial charge in [-0.15, -0.1) is 0 Å². The lowest BCUT2D eigenvalue weighted by atomic mass is 10.2. The number of benzene rings is 1. The van der Waals surface area contributed by atoms with Crippen LogP contribution in [0.4, 0.5) is 0 Å². The first kappa shape index (κ1) is 15.1. The number of hydrogen-bond donors (Lipinski definition) is 1. The Hall–Kier alpha value is -0.000000000000000167. The zero-order chi connectivity index (χ0) is 13.2. The molecule has 1 atom stereocenters. The van der Waals surface area contributed by atoms with Gasteiger partial charge in [-0.3, -0.25) is 4.57 Å². The van der Waals surface area contributed by atoms with Crippen molar-refractivity contribution in [1.82, 2.24) is 5.48 Å². The fourth-order valence-electron chi connectivity index (χ4n) is 1.01. The van der Waals surface area contributed by atoms with Gasteiger partial charge in [0, 0.05) is 18.7 Å².